The van der Waals surface area contributed by atoms with Crippen LogP contribution in [0.1, 0.15) is 25.5 Å². The average Bonchev–Trinajstić information content (AvgIpc) is 2.36. The lowest BCUT2D eigenvalue weighted by molar-refractivity contribution is -0.0576. The molecule has 116 valence electrons. The van der Waals surface area contributed by atoms with Crippen molar-refractivity contribution < 1.29 is 13.2 Å². The first-order valence-corrected chi connectivity index (χ1v) is 6.45. The zero-order chi connectivity index (χ0) is 16.0. The Hall–Kier alpha value is -2.12. The van der Waals surface area contributed by atoms with Crippen LogP contribution in [0.4, 0.5) is 30.6 Å². The molecule has 1 rings (SSSR count). The van der Waals surface area contributed by atoms with Crippen molar-refractivity contribution in [3.8, 4) is 0 Å². The van der Waals surface area contributed by atoms with Gasteiger partial charge in [-0.1, -0.05) is 19.9 Å². The van der Waals surface area contributed by atoms with E-state index in [1.54, 1.807) is 0 Å². The quantitative estimate of drug-likeness (QED) is 0.623. The second-order valence-corrected chi connectivity index (χ2v) is 4.34. The topological polar surface area (TPSA) is 76.2 Å². The van der Waals surface area contributed by atoms with E-state index < -0.39 is 11.9 Å². The minimum atomic E-state index is -4.59. The first kappa shape index (κ1) is 16.9. The number of anilines is 2. The van der Waals surface area contributed by atoms with Crippen molar-refractivity contribution in [2.45, 2.75) is 32.9 Å². The number of nitrogens with zero attached hydrogens (tertiary/aromatic N) is 3. The summed E-state index contributed by atoms with van der Waals surface area (Å²) in [5.41, 5.74) is 4.72. The number of rotatable bonds is 6. The second-order valence-electron chi connectivity index (χ2n) is 4.34. The van der Waals surface area contributed by atoms with Gasteiger partial charge in [0.1, 0.15) is 11.4 Å². The van der Waals surface area contributed by atoms with Gasteiger partial charge < -0.3 is 11.1 Å². The lowest BCUT2D eigenvalue weighted by Crippen LogP contribution is -2.20. The van der Waals surface area contributed by atoms with E-state index in [-0.39, 0.29) is 23.1 Å². The van der Waals surface area contributed by atoms with Crippen LogP contribution in [0, 0.1) is 6.92 Å². The highest BCUT2D eigenvalue weighted by atomic mass is 19.4. The molecule has 5 nitrogen and oxygen atoms in total. The van der Waals surface area contributed by atoms with E-state index in [0.29, 0.717) is 12.6 Å². The lowest BCUT2D eigenvalue weighted by atomic mass is 10.3. The van der Waals surface area contributed by atoms with Gasteiger partial charge in [-0.05, 0) is 19.4 Å². The zero-order valence-corrected chi connectivity index (χ0v) is 12.0. The van der Waals surface area contributed by atoms with E-state index in [9.17, 15) is 13.2 Å². The third kappa shape index (κ3) is 4.73. The summed E-state index contributed by atoms with van der Waals surface area (Å²) in [6, 6.07) is 0. The van der Waals surface area contributed by atoms with Crippen LogP contribution in [0.5, 0.6) is 0 Å². The van der Waals surface area contributed by atoms with E-state index in [1.165, 1.54) is 6.92 Å². The molecule has 0 atom stereocenters. The highest BCUT2D eigenvalue weighted by Crippen LogP contribution is 2.30. The van der Waals surface area contributed by atoms with Crippen LogP contribution in [0.15, 0.2) is 17.6 Å². The molecule has 8 heteroatoms. The summed E-state index contributed by atoms with van der Waals surface area (Å²) in [6.07, 6.45) is -2.15. The van der Waals surface area contributed by atoms with Gasteiger partial charge in [0.05, 0.1) is 5.69 Å². The Morgan fingerprint density at radius 3 is 2.62 bits per heavy atom. The van der Waals surface area contributed by atoms with Gasteiger partial charge in [-0.25, -0.2) is 9.98 Å². The summed E-state index contributed by atoms with van der Waals surface area (Å²) in [4.78, 5) is 11.4. The molecule has 0 aliphatic rings. The van der Waals surface area contributed by atoms with E-state index in [0.717, 1.165) is 12.8 Å². The molecule has 0 aromatic carbocycles. The highest BCUT2D eigenvalue weighted by Gasteiger charge is 2.34. The summed E-state index contributed by atoms with van der Waals surface area (Å²) < 4.78 is 38.3. The molecule has 21 heavy (non-hydrogen) atoms. The molecule has 0 spiro atoms. The molecule has 0 aliphatic heterocycles. The molecule has 0 bridgehead atoms. The van der Waals surface area contributed by atoms with E-state index >= 15 is 0 Å². The zero-order valence-electron chi connectivity index (χ0n) is 12.0. The number of alkyl halides is 3. The minimum absolute atomic E-state index is 0.0161. The molecular weight excluding hydrogens is 283 g/mol. The Labute approximate surface area is 121 Å². The molecular formula is C13H18F3N5. The number of aliphatic imine (C=N–C) groups is 1. The molecule has 0 amide bonds. The second kappa shape index (κ2) is 7.05. The fraction of sp³-hybridized carbons (Fsp3) is 0.462. The third-order valence-electron chi connectivity index (χ3n) is 2.61. The Balaban J connectivity index is 3.26. The van der Waals surface area contributed by atoms with Crippen molar-refractivity contribution in [1.82, 2.24) is 9.97 Å². The highest BCUT2D eigenvalue weighted by molar-refractivity contribution is 6.01. The number of unbranched alkanes of at least 4 members (excludes halogenated alkanes) is 1. The van der Waals surface area contributed by atoms with Gasteiger partial charge >= 0.3 is 6.18 Å². The summed E-state index contributed by atoms with van der Waals surface area (Å²) >= 11 is 0. The summed E-state index contributed by atoms with van der Waals surface area (Å²) in [7, 11) is 0. The monoisotopic (exact) mass is 301 g/mol. The van der Waals surface area contributed by atoms with Crippen molar-refractivity contribution in [2.75, 3.05) is 17.6 Å². The SMILES string of the molecule is C=C/C(=N\c1c(C)nc(N)nc1NCCCC)C(F)(F)F. The Bertz CT molecular complexity index is 537. The third-order valence-corrected chi connectivity index (χ3v) is 2.61. The Morgan fingerprint density at radius 2 is 2.10 bits per heavy atom. The average molecular weight is 301 g/mol. The van der Waals surface area contributed by atoms with Crippen LogP contribution in [0.3, 0.4) is 0 Å². The number of hydrogen-bond acceptors (Lipinski definition) is 5. The largest absolute Gasteiger partial charge is 0.433 e. The van der Waals surface area contributed by atoms with Crippen molar-refractivity contribution in [3.05, 3.63) is 18.3 Å². The maximum absolute atomic E-state index is 12.8. The van der Waals surface area contributed by atoms with Crippen LogP contribution in [-0.2, 0) is 0 Å². The van der Waals surface area contributed by atoms with Crippen molar-refractivity contribution in [1.29, 1.82) is 0 Å². The molecule has 3 N–H and O–H groups in total. The summed E-state index contributed by atoms with van der Waals surface area (Å²) in [5, 5.41) is 2.94. The number of aryl methyl sites for hydroxylation is 1. The fourth-order valence-electron chi connectivity index (χ4n) is 1.57. The van der Waals surface area contributed by atoms with Crippen molar-refractivity contribution in [2.24, 2.45) is 4.99 Å². The first-order valence-electron chi connectivity index (χ1n) is 6.45. The Kier molecular flexibility index (Phi) is 5.69. The number of aromatic nitrogens is 2. The minimum Gasteiger partial charge on any atom is -0.368 e. The van der Waals surface area contributed by atoms with Gasteiger partial charge in [-0.3, -0.25) is 0 Å². The molecule has 0 saturated heterocycles. The van der Waals surface area contributed by atoms with Crippen LogP contribution < -0.4 is 11.1 Å². The molecule has 0 radical (unpaired) electrons. The van der Waals surface area contributed by atoms with Crippen LogP contribution >= 0.6 is 0 Å². The first-order chi connectivity index (χ1) is 9.79. The number of nitrogens with one attached hydrogen (secondary N) is 1. The number of halogens is 3. The molecule has 1 heterocycles. The van der Waals surface area contributed by atoms with E-state index in [4.69, 9.17) is 5.73 Å². The van der Waals surface area contributed by atoms with Gasteiger partial charge in [-0.15, -0.1) is 0 Å². The normalized spacial score (nSPS) is 12.3. The Morgan fingerprint density at radius 1 is 1.43 bits per heavy atom. The lowest BCUT2D eigenvalue weighted by Gasteiger charge is -2.12. The molecule has 0 fully saturated rings. The maximum atomic E-state index is 12.8. The van der Waals surface area contributed by atoms with Gasteiger partial charge in [0.25, 0.3) is 0 Å². The molecule has 0 unspecified atom stereocenters. The predicted octanol–water partition coefficient (Wildman–Crippen LogP) is 3.40. The number of allylic oxidation sites excluding steroid dienone is 1. The molecule has 1 aromatic rings. The van der Waals surface area contributed by atoms with Gasteiger partial charge in [0.2, 0.25) is 5.95 Å². The van der Waals surface area contributed by atoms with Crippen LogP contribution in [0.2, 0.25) is 0 Å². The van der Waals surface area contributed by atoms with E-state index in [1.807, 2.05) is 6.92 Å². The number of nitrogens with two attached hydrogens (primary N) is 1. The van der Waals surface area contributed by atoms with Gasteiger partial charge in [0.15, 0.2) is 5.82 Å². The van der Waals surface area contributed by atoms with Gasteiger partial charge in [0, 0.05) is 6.54 Å². The predicted molar refractivity (Wildman–Crippen MR) is 77.9 cm³/mol. The summed E-state index contributed by atoms with van der Waals surface area (Å²) in [5.74, 6) is 0.176. The maximum Gasteiger partial charge on any atom is 0.433 e. The van der Waals surface area contributed by atoms with Crippen LogP contribution in [0.25, 0.3) is 0 Å². The van der Waals surface area contributed by atoms with Crippen molar-refractivity contribution >= 4 is 23.2 Å². The smallest absolute Gasteiger partial charge is 0.368 e. The number of nitrogen functional groups attached to an aromatic ring is 1. The summed E-state index contributed by atoms with van der Waals surface area (Å²) in [6.45, 7) is 7.23. The van der Waals surface area contributed by atoms with Crippen LogP contribution in [-0.4, -0.2) is 28.4 Å². The standard InChI is InChI=1S/C13H18F3N5/c1-4-6-7-18-11-10(8(3)19-12(17)21-11)20-9(5-2)13(14,15)16/h5H,2,4,6-7H2,1,3H3,(H3,17,18,19,21)/b20-9+. The van der Waals surface area contributed by atoms with Gasteiger partial charge in [-0.2, -0.15) is 18.2 Å². The molecule has 0 aliphatic carbocycles. The van der Waals surface area contributed by atoms with Crippen molar-refractivity contribution in [3.63, 3.8) is 0 Å². The number of hydrogen-bond donors (Lipinski definition) is 2. The fourth-order valence-corrected chi connectivity index (χ4v) is 1.57. The van der Waals surface area contributed by atoms with E-state index in [2.05, 4.69) is 26.9 Å². The molecule has 0 saturated carbocycles. The molecule has 1 aromatic heterocycles.